The van der Waals surface area contributed by atoms with Crippen LogP contribution in [0.2, 0.25) is 0 Å². The first-order valence-electron chi connectivity index (χ1n) is 5.64. The second-order valence-electron chi connectivity index (χ2n) is 4.47. The van der Waals surface area contributed by atoms with Crippen LogP contribution in [0.4, 0.5) is 0 Å². The largest absolute Gasteiger partial charge is 0.481 e. The number of rotatable bonds is 3. The number of hydrogen-bond acceptors (Lipinski definition) is 2. The van der Waals surface area contributed by atoms with Gasteiger partial charge in [-0.1, -0.05) is 25.1 Å². The van der Waals surface area contributed by atoms with Crippen molar-refractivity contribution in [3.05, 3.63) is 29.5 Å². The lowest BCUT2D eigenvalue weighted by atomic mass is 9.99. The summed E-state index contributed by atoms with van der Waals surface area (Å²) in [6.45, 7) is 3.69. The summed E-state index contributed by atoms with van der Waals surface area (Å²) >= 11 is 0. The van der Waals surface area contributed by atoms with Crippen LogP contribution in [-0.4, -0.2) is 20.9 Å². The van der Waals surface area contributed by atoms with Crippen LogP contribution in [-0.2, 0) is 18.3 Å². The second-order valence-corrected chi connectivity index (χ2v) is 4.47. The van der Waals surface area contributed by atoms with Gasteiger partial charge in [0.1, 0.15) is 0 Å². The van der Waals surface area contributed by atoms with Gasteiger partial charge in [0.05, 0.1) is 17.1 Å². The molecule has 1 atom stereocenters. The molecule has 0 fully saturated rings. The smallest absolute Gasteiger partial charge is 0.306 e. The third kappa shape index (κ3) is 2.02. The van der Waals surface area contributed by atoms with Gasteiger partial charge in [-0.25, -0.2) is 0 Å². The lowest BCUT2D eigenvalue weighted by molar-refractivity contribution is -0.141. The van der Waals surface area contributed by atoms with E-state index in [4.69, 9.17) is 5.11 Å². The summed E-state index contributed by atoms with van der Waals surface area (Å²) in [4.78, 5) is 10.9. The van der Waals surface area contributed by atoms with Gasteiger partial charge in [0.2, 0.25) is 0 Å². The molecule has 0 saturated heterocycles. The van der Waals surface area contributed by atoms with Crippen molar-refractivity contribution in [2.24, 2.45) is 13.0 Å². The van der Waals surface area contributed by atoms with Crippen molar-refractivity contribution in [2.75, 3.05) is 0 Å². The highest BCUT2D eigenvalue weighted by molar-refractivity contribution is 5.85. The zero-order chi connectivity index (χ0) is 12.6. The lowest BCUT2D eigenvalue weighted by Gasteiger charge is -2.08. The molecule has 4 heteroatoms. The maximum atomic E-state index is 10.9. The summed E-state index contributed by atoms with van der Waals surface area (Å²) in [5.74, 6) is -1.14. The van der Waals surface area contributed by atoms with Crippen LogP contribution in [0.5, 0.6) is 0 Å². The Balaban J connectivity index is 2.51. The number of carboxylic acids is 1. The fourth-order valence-electron chi connectivity index (χ4n) is 2.18. The molecule has 2 aromatic rings. The molecule has 90 valence electrons. The highest BCUT2D eigenvalue weighted by atomic mass is 16.4. The van der Waals surface area contributed by atoms with E-state index in [-0.39, 0.29) is 5.92 Å². The number of para-hydroxylation sites is 1. The number of nitrogens with zero attached hydrogens (tertiary/aromatic N) is 2. The Kier molecular flexibility index (Phi) is 2.88. The Hall–Kier alpha value is -1.84. The highest BCUT2D eigenvalue weighted by Crippen LogP contribution is 2.23. The molecule has 0 amide bonds. The van der Waals surface area contributed by atoms with Crippen molar-refractivity contribution in [1.29, 1.82) is 0 Å². The molecule has 0 radical (unpaired) electrons. The Morgan fingerprint density at radius 2 is 2.24 bits per heavy atom. The van der Waals surface area contributed by atoms with Crippen molar-refractivity contribution < 1.29 is 9.90 Å². The van der Waals surface area contributed by atoms with Gasteiger partial charge in [-0.2, -0.15) is 5.10 Å². The third-order valence-electron chi connectivity index (χ3n) is 3.08. The molecule has 1 aromatic heterocycles. The van der Waals surface area contributed by atoms with Gasteiger partial charge < -0.3 is 5.11 Å². The zero-order valence-electron chi connectivity index (χ0n) is 10.3. The molecule has 1 unspecified atom stereocenters. The number of aromatic nitrogens is 2. The fourth-order valence-corrected chi connectivity index (χ4v) is 2.18. The van der Waals surface area contributed by atoms with Crippen LogP contribution in [0.15, 0.2) is 18.2 Å². The SMILES string of the molecule is Cc1nn(C)c2c(CC(C)C(=O)O)cccc12. The predicted molar refractivity (Wildman–Crippen MR) is 66.0 cm³/mol. The summed E-state index contributed by atoms with van der Waals surface area (Å²) in [6, 6.07) is 5.95. The molecule has 0 aliphatic carbocycles. The maximum absolute atomic E-state index is 10.9. The Morgan fingerprint density at radius 3 is 2.88 bits per heavy atom. The van der Waals surface area contributed by atoms with Gasteiger partial charge in [0.25, 0.3) is 0 Å². The average molecular weight is 232 g/mol. The van der Waals surface area contributed by atoms with Crippen LogP contribution >= 0.6 is 0 Å². The molecule has 0 saturated carbocycles. The molecule has 1 heterocycles. The van der Waals surface area contributed by atoms with Gasteiger partial charge in [0, 0.05) is 12.4 Å². The number of hydrogen-bond donors (Lipinski definition) is 1. The molecule has 0 aliphatic heterocycles. The molecule has 0 aliphatic rings. The molecular formula is C13H16N2O2. The minimum atomic E-state index is -0.763. The second kappa shape index (κ2) is 4.20. The zero-order valence-corrected chi connectivity index (χ0v) is 10.3. The lowest BCUT2D eigenvalue weighted by Crippen LogP contribution is -2.12. The highest BCUT2D eigenvalue weighted by Gasteiger charge is 2.15. The summed E-state index contributed by atoms with van der Waals surface area (Å²) in [5, 5.41) is 14.4. The Labute approximate surface area is 99.9 Å². The van der Waals surface area contributed by atoms with Crippen LogP contribution in [0.25, 0.3) is 10.9 Å². The maximum Gasteiger partial charge on any atom is 0.306 e. The monoisotopic (exact) mass is 232 g/mol. The van der Waals surface area contributed by atoms with Crippen molar-refractivity contribution in [3.8, 4) is 0 Å². The normalized spacial score (nSPS) is 12.9. The molecule has 17 heavy (non-hydrogen) atoms. The van der Waals surface area contributed by atoms with E-state index in [0.29, 0.717) is 6.42 Å². The van der Waals surface area contributed by atoms with E-state index >= 15 is 0 Å². The van der Waals surface area contributed by atoms with E-state index in [9.17, 15) is 4.79 Å². The predicted octanol–water partition coefficient (Wildman–Crippen LogP) is 2.14. The van der Waals surface area contributed by atoms with Crippen molar-refractivity contribution in [1.82, 2.24) is 9.78 Å². The van der Waals surface area contributed by atoms with Gasteiger partial charge in [-0.05, 0) is 18.9 Å². The standard InChI is InChI=1S/C13H16N2O2/c1-8(13(16)17)7-10-5-4-6-11-9(2)14-15(3)12(10)11/h4-6,8H,7H2,1-3H3,(H,16,17). The number of carbonyl (C=O) groups is 1. The first-order chi connectivity index (χ1) is 8.00. The Bertz CT molecular complexity index is 572. The van der Waals surface area contributed by atoms with Crippen LogP contribution in [0, 0.1) is 12.8 Å². The van der Waals surface area contributed by atoms with Crippen LogP contribution in [0.3, 0.4) is 0 Å². The minimum absolute atomic E-state index is 0.379. The minimum Gasteiger partial charge on any atom is -0.481 e. The summed E-state index contributed by atoms with van der Waals surface area (Å²) in [5.41, 5.74) is 3.06. The molecule has 0 spiro atoms. The number of aliphatic carboxylic acids is 1. The van der Waals surface area contributed by atoms with E-state index in [2.05, 4.69) is 5.10 Å². The molecule has 2 rings (SSSR count). The molecule has 0 bridgehead atoms. The molecule has 4 nitrogen and oxygen atoms in total. The summed E-state index contributed by atoms with van der Waals surface area (Å²) in [6.07, 6.45) is 0.533. The quantitative estimate of drug-likeness (QED) is 0.882. The first-order valence-corrected chi connectivity index (χ1v) is 5.64. The van der Waals surface area contributed by atoms with E-state index in [1.54, 1.807) is 6.92 Å². The number of aryl methyl sites for hydroxylation is 2. The Morgan fingerprint density at radius 1 is 1.53 bits per heavy atom. The van der Waals surface area contributed by atoms with Crippen LogP contribution in [0.1, 0.15) is 18.2 Å². The van der Waals surface area contributed by atoms with Crippen molar-refractivity contribution in [2.45, 2.75) is 20.3 Å². The summed E-state index contributed by atoms with van der Waals surface area (Å²) < 4.78 is 1.83. The average Bonchev–Trinajstić information content (AvgIpc) is 2.55. The van der Waals surface area contributed by atoms with Gasteiger partial charge in [-0.3, -0.25) is 9.48 Å². The van der Waals surface area contributed by atoms with Crippen molar-refractivity contribution in [3.63, 3.8) is 0 Å². The summed E-state index contributed by atoms with van der Waals surface area (Å²) in [7, 11) is 1.89. The van der Waals surface area contributed by atoms with Gasteiger partial charge >= 0.3 is 5.97 Å². The number of benzene rings is 1. The third-order valence-corrected chi connectivity index (χ3v) is 3.08. The van der Waals surface area contributed by atoms with Gasteiger partial charge in [0.15, 0.2) is 0 Å². The van der Waals surface area contributed by atoms with E-state index in [0.717, 1.165) is 22.2 Å². The van der Waals surface area contributed by atoms with E-state index < -0.39 is 5.97 Å². The number of carboxylic acid groups (broad SMARTS) is 1. The molecule has 1 N–H and O–H groups in total. The molecular weight excluding hydrogens is 216 g/mol. The topological polar surface area (TPSA) is 55.1 Å². The van der Waals surface area contributed by atoms with Gasteiger partial charge in [-0.15, -0.1) is 0 Å². The van der Waals surface area contributed by atoms with E-state index in [1.807, 2.05) is 36.9 Å². The van der Waals surface area contributed by atoms with Crippen LogP contribution < -0.4 is 0 Å². The first kappa shape index (κ1) is 11.6. The fraction of sp³-hybridized carbons (Fsp3) is 0.385. The van der Waals surface area contributed by atoms with E-state index in [1.165, 1.54) is 0 Å². The van der Waals surface area contributed by atoms with Crippen molar-refractivity contribution >= 4 is 16.9 Å². The number of fused-ring (bicyclic) bond motifs is 1. The molecule has 1 aromatic carbocycles.